The Morgan fingerprint density at radius 3 is 3.06 bits per heavy atom. The molecule has 0 radical (unpaired) electrons. The van der Waals surface area contributed by atoms with Gasteiger partial charge < -0.3 is 0 Å². The van der Waals surface area contributed by atoms with Gasteiger partial charge in [-0.25, -0.2) is 4.98 Å². The predicted octanol–water partition coefficient (Wildman–Crippen LogP) is 2.21. The van der Waals surface area contributed by atoms with Crippen molar-refractivity contribution in [2.24, 2.45) is 0 Å². The number of carbonyl (C=O) groups excluding carboxylic acids is 1. The van der Waals surface area contributed by atoms with Gasteiger partial charge >= 0.3 is 0 Å². The Morgan fingerprint density at radius 2 is 2.31 bits per heavy atom. The van der Waals surface area contributed by atoms with Crippen molar-refractivity contribution in [3.8, 4) is 0 Å². The molecule has 2 rings (SSSR count). The van der Waals surface area contributed by atoms with Crippen LogP contribution in [0.15, 0.2) is 6.20 Å². The van der Waals surface area contributed by atoms with E-state index in [1.165, 1.54) is 0 Å². The molecule has 0 saturated heterocycles. The Morgan fingerprint density at radius 1 is 1.50 bits per heavy atom. The average molecular weight is 240 g/mol. The number of halogens is 1. The van der Waals surface area contributed by atoms with E-state index in [1.807, 2.05) is 0 Å². The molecule has 0 aromatic carbocycles. The molecule has 1 aromatic heterocycles. The van der Waals surface area contributed by atoms with Crippen LogP contribution < -0.4 is 4.90 Å². The van der Waals surface area contributed by atoms with Gasteiger partial charge in [0.15, 0.2) is 0 Å². The minimum Gasteiger partial charge on any atom is -0.296 e. The molecule has 1 amide bonds. The molecule has 1 aromatic rings. The summed E-state index contributed by atoms with van der Waals surface area (Å²) in [4.78, 5) is 21.5. The van der Waals surface area contributed by atoms with E-state index in [9.17, 15) is 4.79 Å². The molecule has 0 spiro atoms. The lowest BCUT2D eigenvalue weighted by atomic mass is 10.2. The predicted molar refractivity (Wildman–Crippen MR) is 62.6 cm³/mol. The summed E-state index contributed by atoms with van der Waals surface area (Å²) in [5, 5.41) is 0.203. The van der Waals surface area contributed by atoms with E-state index in [-0.39, 0.29) is 11.2 Å². The first-order valence-corrected chi connectivity index (χ1v) is 5.92. The van der Waals surface area contributed by atoms with Crippen LogP contribution in [0.2, 0.25) is 5.28 Å². The van der Waals surface area contributed by atoms with Crippen LogP contribution in [0.4, 0.5) is 5.82 Å². The summed E-state index contributed by atoms with van der Waals surface area (Å²) in [5.41, 5.74) is 0.880. The van der Waals surface area contributed by atoms with E-state index in [0.717, 1.165) is 31.4 Å². The van der Waals surface area contributed by atoms with Crippen molar-refractivity contribution >= 4 is 23.3 Å². The Hall–Kier alpha value is -1.16. The summed E-state index contributed by atoms with van der Waals surface area (Å²) < 4.78 is 0. The molecule has 0 atom stereocenters. The third-order valence-electron chi connectivity index (χ3n) is 2.70. The number of anilines is 1. The molecule has 0 saturated carbocycles. The molecule has 0 unspecified atom stereocenters. The highest BCUT2D eigenvalue weighted by molar-refractivity contribution is 6.28. The van der Waals surface area contributed by atoms with Crippen LogP contribution in [0.1, 0.15) is 31.7 Å². The molecular formula is C11H14ClN3O. The van der Waals surface area contributed by atoms with E-state index in [4.69, 9.17) is 11.6 Å². The smallest absolute Gasteiger partial charge is 0.232 e. The Kier molecular flexibility index (Phi) is 3.39. The van der Waals surface area contributed by atoms with Gasteiger partial charge in [-0.15, -0.1) is 0 Å². The zero-order chi connectivity index (χ0) is 11.5. The van der Waals surface area contributed by atoms with Crippen LogP contribution in [-0.4, -0.2) is 22.4 Å². The van der Waals surface area contributed by atoms with Crippen LogP contribution in [-0.2, 0) is 11.2 Å². The third kappa shape index (κ3) is 2.16. The van der Waals surface area contributed by atoms with Crippen LogP contribution in [0, 0.1) is 0 Å². The maximum atomic E-state index is 11.8. The molecule has 0 N–H and O–H groups in total. The van der Waals surface area contributed by atoms with E-state index in [2.05, 4.69) is 16.9 Å². The molecule has 1 aliphatic rings. The molecule has 5 heteroatoms. The number of fused-ring (bicyclic) bond motifs is 1. The fraction of sp³-hybridized carbons (Fsp3) is 0.545. The van der Waals surface area contributed by atoms with E-state index in [1.54, 1.807) is 11.1 Å². The first-order valence-electron chi connectivity index (χ1n) is 5.54. The summed E-state index contributed by atoms with van der Waals surface area (Å²) in [7, 11) is 0. The molecule has 4 nitrogen and oxygen atoms in total. The number of nitrogens with zero attached hydrogens (tertiary/aromatic N) is 3. The van der Waals surface area contributed by atoms with Crippen LogP contribution in [0.3, 0.4) is 0 Å². The number of amides is 1. The molecule has 2 heterocycles. The van der Waals surface area contributed by atoms with Crippen LogP contribution in [0.5, 0.6) is 0 Å². The fourth-order valence-electron chi connectivity index (χ4n) is 1.86. The summed E-state index contributed by atoms with van der Waals surface area (Å²) in [6, 6.07) is 0. The lowest BCUT2D eigenvalue weighted by Crippen LogP contribution is -2.28. The highest BCUT2D eigenvalue weighted by Crippen LogP contribution is 2.27. The minimum atomic E-state index is 0.0997. The van der Waals surface area contributed by atoms with E-state index < -0.39 is 0 Å². The molecule has 0 aliphatic carbocycles. The van der Waals surface area contributed by atoms with Crippen molar-refractivity contribution in [1.29, 1.82) is 0 Å². The molecule has 16 heavy (non-hydrogen) atoms. The van der Waals surface area contributed by atoms with Gasteiger partial charge in [0.1, 0.15) is 5.82 Å². The Balaban J connectivity index is 2.15. The quantitative estimate of drug-likeness (QED) is 0.598. The SMILES string of the molecule is CCCCCN1C(=O)Cc2cnc(Cl)nc21. The molecular weight excluding hydrogens is 226 g/mol. The topological polar surface area (TPSA) is 46.1 Å². The monoisotopic (exact) mass is 239 g/mol. The van der Waals surface area contributed by atoms with Gasteiger partial charge in [0.05, 0.1) is 6.42 Å². The summed E-state index contributed by atoms with van der Waals surface area (Å²) in [6.45, 7) is 2.87. The van der Waals surface area contributed by atoms with Crippen molar-refractivity contribution in [2.75, 3.05) is 11.4 Å². The van der Waals surface area contributed by atoms with Gasteiger partial charge in [-0.3, -0.25) is 9.69 Å². The highest BCUT2D eigenvalue weighted by Gasteiger charge is 2.28. The van der Waals surface area contributed by atoms with Gasteiger partial charge in [-0.2, -0.15) is 4.98 Å². The first-order chi connectivity index (χ1) is 7.72. The highest BCUT2D eigenvalue weighted by atomic mass is 35.5. The van der Waals surface area contributed by atoms with Crippen molar-refractivity contribution in [3.63, 3.8) is 0 Å². The zero-order valence-corrected chi connectivity index (χ0v) is 10.00. The van der Waals surface area contributed by atoms with Crippen molar-refractivity contribution in [1.82, 2.24) is 9.97 Å². The average Bonchev–Trinajstić information content (AvgIpc) is 2.56. The van der Waals surface area contributed by atoms with Crippen LogP contribution in [0.25, 0.3) is 0 Å². The lowest BCUT2D eigenvalue weighted by molar-refractivity contribution is -0.117. The molecule has 0 bridgehead atoms. The summed E-state index contributed by atoms with van der Waals surface area (Å²) >= 11 is 5.74. The maximum Gasteiger partial charge on any atom is 0.232 e. The Labute approximate surface area is 99.6 Å². The van der Waals surface area contributed by atoms with Crippen molar-refractivity contribution in [3.05, 3.63) is 17.0 Å². The first kappa shape index (κ1) is 11.3. The largest absolute Gasteiger partial charge is 0.296 e. The number of aromatic nitrogens is 2. The second-order valence-electron chi connectivity index (χ2n) is 3.92. The van der Waals surface area contributed by atoms with E-state index in [0.29, 0.717) is 12.2 Å². The second kappa shape index (κ2) is 4.78. The van der Waals surface area contributed by atoms with Crippen LogP contribution >= 0.6 is 11.6 Å². The normalized spacial score (nSPS) is 14.4. The third-order valence-corrected chi connectivity index (χ3v) is 2.88. The number of rotatable bonds is 4. The molecule has 0 fully saturated rings. The summed E-state index contributed by atoms with van der Waals surface area (Å²) in [6.07, 6.45) is 5.31. The number of carbonyl (C=O) groups is 1. The second-order valence-corrected chi connectivity index (χ2v) is 4.26. The Bertz CT molecular complexity index is 408. The fourth-order valence-corrected chi connectivity index (χ4v) is 1.99. The van der Waals surface area contributed by atoms with Gasteiger partial charge in [0, 0.05) is 18.3 Å². The van der Waals surface area contributed by atoms with Gasteiger partial charge in [0.25, 0.3) is 0 Å². The van der Waals surface area contributed by atoms with Gasteiger partial charge in [0.2, 0.25) is 11.2 Å². The minimum absolute atomic E-state index is 0.0997. The van der Waals surface area contributed by atoms with Crippen molar-refractivity contribution in [2.45, 2.75) is 32.6 Å². The molecule has 1 aliphatic heterocycles. The zero-order valence-electron chi connectivity index (χ0n) is 9.24. The maximum absolute atomic E-state index is 11.8. The standard InChI is InChI=1S/C11H14ClN3O/c1-2-3-4-5-15-9(16)6-8-7-13-11(12)14-10(8)15/h7H,2-6H2,1H3. The van der Waals surface area contributed by atoms with Crippen molar-refractivity contribution < 1.29 is 4.79 Å². The number of hydrogen-bond donors (Lipinski definition) is 0. The lowest BCUT2D eigenvalue weighted by Gasteiger charge is -2.15. The van der Waals surface area contributed by atoms with Gasteiger partial charge in [-0.1, -0.05) is 19.8 Å². The molecule has 86 valence electrons. The van der Waals surface area contributed by atoms with E-state index >= 15 is 0 Å². The summed E-state index contributed by atoms with van der Waals surface area (Å²) in [5.74, 6) is 0.795. The number of unbranched alkanes of at least 4 members (excludes halogenated alkanes) is 2. The number of hydrogen-bond acceptors (Lipinski definition) is 3. The van der Waals surface area contributed by atoms with Gasteiger partial charge in [-0.05, 0) is 18.0 Å².